The number of aromatic nitrogens is 2. The first-order valence-electron chi connectivity index (χ1n) is 5.67. The van der Waals surface area contributed by atoms with Gasteiger partial charge in [0.2, 0.25) is 5.89 Å². The van der Waals surface area contributed by atoms with Crippen molar-refractivity contribution in [3.8, 4) is 0 Å². The third-order valence-electron chi connectivity index (χ3n) is 3.65. The Balaban J connectivity index is 1.78. The molecule has 3 atom stereocenters. The second kappa shape index (κ2) is 3.47. The lowest BCUT2D eigenvalue weighted by molar-refractivity contribution is 0.164. The van der Waals surface area contributed by atoms with Gasteiger partial charge in [0.1, 0.15) is 0 Å². The van der Waals surface area contributed by atoms with Crippen LogP contribution in [0, 0.1) is 5.41 Å². The summed E-state index contributed by atoms with van der Waals surface area (Å²) in [6.45, 7) is 4.43. The monoisotopic (exact) mass is 240 g/mol. The average Bonchev–Trinajstić information content (AvgIpc) is 2.67. The largest absolute Gasteiger partial charge is 0.391 e. The molecule has 2 heterocycles. The van der Waals surface area contributed by atoms with Gasteiger partial charge in [-0.2, -0.15) is 16.7 Å². The fourth-order valence-corrected chi connectivity index (χ4v) is 3.45. The number of nitrogens with zero attached hydrogens (tertiary/aromatic N) is 2. The summed E-state index contributed by atoms with van der Waals surface area (Å²) < 4.78 is 5.28. The van der Waals surface area contributed by atoms with Gasteiger partial charge in [0.05, 0.1) is 12.0 Å². The van der Waals surface area contributed by atoms with E-state index in [0.29, 0.717) is 17.2 Å². The summed E-state index contributed by atoms with van der Waals surface area (Å²) in [6.07, 6.45) is 0.805. The lowest BCUT2D eigenvalue weighted by atomic mass is 10.1. The zero-order valence-electron chi connectivity index (χ0n) is 9.51. The quantitative estimate of drug-likeness (QED) is 0.853. The van der Waals surface area contributed by atoms with Gasteiger partial charge in [-0.1, -0.05) is 19.0 Å². The lowest BCUT2D eigenvalue weighted by Gasteiger charge is -2.06. The predicted octanol–water partition coefficient (Wildman–Crippen LogP) is 1.77. The van der Waals surface area contributed by atoms with Gasteiger partial charge in [-0.25, -0.2) is 0 Å². The van der Waals surface area contributed by atoms with Crippen LogP contribution in [0.4, 0.5) is 0 Å². The van der Waals surface area contributed by atoms with Gasteiger partial charge in [0.25, 0.3) is 0 Å². The Bertz CT molecular complexity index is 404. The summed E-state index contributed by atoms with van der Waals surface area (Å²) in [5, 5.41) is 13.8. The molecular weight excluding hydrogens is 224 g/mol. The van der Waals surface area contributed by atoms with Crippen LogP contribution in [-0.2, 0) is 0 Å². The Kier molecular flexibility index (Phi) is 2.30. The molecule has 1 saturated heterocycles. The van der Waals surface area contributed by atoms with Crippen molar-refractivity contribution in [1.82, 2.24) is 10.1 Å². The van der Waals surface area contributed by atoms with E-state index in [-0.39, 0.29) is 12.0 Å². The highest BCUT2D eigenvalue weighted by Crippen LogP contribution is 2.57. The highest BCUT2D eigenvalue weighted by Gasteiger charge is 2.50. The Hall–Kier alpha value is -0.550. The molecule has 0 aromatic carbocycles. The molecule has 1 aliphatic carbocycles. The van der Waals surface area contributed by atoms with Gasteiger partial charge in [0, 0.05) is 17.4 Å². The van der Waals surface area contributed by atoms with Crippen LogP contribution in [0.2, 0.25) is 0 Å². The molecule has 1 N–H and O–H groups in total. The Morgan fingerprint density at radius 3 is 2.75 bits per heavy atom. The molecule has 1 saturated carbocycles. The minimum Gasteiger partial charge on any atom is -0.391 e. The van der Waals surface area contributed by atoms with Crippen molar-refractivity contribution in [2.75, 3.05) is 11.5 Å². The molecule has 4 nitrogen and oxygen atoms in total. The van der Waals surface area contributed by atoms with E-state index in [1.165, 1.54) is 0 Å². The van der Waals surface area contributed by atoms with Crippen molar-refractivity contribution in [3.63, 3.8) is 0 Å². The molecular formula is C11H16N2O2S. The van der Waals surface area contributed by atoms with Gasteiger partial charge in [-0.05, 0) is 11.8 Å². The number of thioether (sulfide) groups is 1. The van der Waals surface area contributed by atoms with Gasteiger partial charge >= 0.3 is 0 Å². The molecule has 1 aromatic heterocycles. The minimum atomic E-state index is -0.328. The molecule has 0 radical (unpaired) electrons. The zero-order chi connectivity index (χ0) is 11.3. The maximum absolute atomic E-state index is 9.76. The number of hydrogen-bond acceptors (Lipinski definition) is 5. The van der Waals surface area contributed by atoms with Crippen molar-refractivity contribution in [2.24, 2.45) is 5.41 Å². The summed E-state index contributed by atoms with van der Waals surface area (Å²) in [5.41, 5.74) is 0.324. The molecule has 0 spiro atoms. The number of rotatable bonds is 2. The second-order valence-corrected chi connectivity index (χ2v) is 6.52. The summed E-state index contributed by atoms with van der Waals surface area (Å²) in [5.74, 6) is 3.58. The van der Waals surface area contributed by atoms with Gasteiger partial charge in [0.15, 0.2) is 5.82 Å². The number of aliphatic hydroxyl groups excluding tert-OH is 1. The highest BCUT2D eigenvalue weighted by atomic mass is 32.2. The topological polar surface area (TPSA) is 59.2 Å². The van der Waals surface area contributed by atoms with Crippen molar-refractivity contribution < 1.29 is 9.63 Å². The molecule has 1 aromatic rings. The maximum atomic E-state index is 9.76. The highest BCUT2D eigenvalue weighted by molar-refractivity contribution is 7.99. The van der Waals surface area contributed by atoms with Crippen molar-refractivity contribution in [1.29, 1.82) is 0 Å². The van der Waals surface area contributed by atoms with Crippen molar-refractivity contribution >= 4 is 11.8 Å². The molecule has 2 aliphatic rings. The first-order chi connectivity index (χ1) is 7.58. The van der Waals surface area contributed by atoms with Crippen LogP contribution < -0.4 is 0 Å². The summed E-state index contributed by atoms with van der Waals surface area (Å²) in [7, 11) is 0. The molecule has 3 unspecified atom stereocenters. The summed E-state index contributed by atoms with van der Waals surface area (Å²) in [6, 6.07) is 0. The molecule has 2 fully saturated rings. The molecule has 1 aliphatic heterocycles. The van der Waals surface area contributed by atoms with E-state index >= 15 is 0 Å². The Morgan fingerprint density at radius 1 is 1.44 bits per heavy atom. The lowest BCUT2D eigenvalue weighted by Crippen LogP contribution is -2.15. The van der Waals surface area contributed by atoms with E-state index in [4.69, 9.17) is 4.52 Å². The van der Waals surface area contributed by atoms with Crippen LogP contribution >= 0.6 is 11.8 Å². The first-order valence-corrected chi connectivity index (χ1v) is 6.83. The van der Waals surface area contributed by atoms with E-state index in [2.05, 4.69) is 24.0 Å². The van der Waals surface area contributed by atoms with Crippen molar-refractivity contribution in [2.45, 2.75) is 38.2 Å². The average molecular weight is 240 g/mol. The molecule has 88 valence electrons. The number of aliphatic hydroxyl groups is 1. The Labute approximate surface area is 98.8 Å². The summed E-state index contributed by atoms with van der Waals surface area (Å²) in [4.78, 5) is 4.45. The van der Waals surface area contributed by atoms with Crippen LogP contribution in [0.1, 0.15) is 43.8 Å². The fraction of sp³-hybridized carbons (Fsp3) is 0.818. The normalized spacial score (nSPS) is 36.6. The summed E-state index contributed by atoms with van der Waals surface area (Å²) >= 11 is 1.74. The SMILES string of the molecule is CC1(C)CC1c1noc(C2CSCC2O)n1. The standard InChI is InChI=1S/C11H16N2O2S/c1-11(2)3-7(11)9-12-10(15-13-9)6-4-16-5-8(6)14/h6-8,14H,3-5H2,1-2H3. The second-order valence-electron chi connectivity index (χ2n) is 5.45. The predicted molar refractivity (Wildman–Crippen MR) is 61.5 cm³/mol. The van der Waals surface area contributed by atoms with Gasteiger partial charge < -0.3 is 9.63 Å². The molecule has 16 heavy (non-hydrogen) atoms. The van der Waals surface area contributed by atoms with E-state index in [1.54, 1.807) is 11.8 Å². The van der Waals surface area contributed by atoms with E-state index < -0.39 is 0 Å². The fourth-order valence-electron chi connectivity index (χ4n) is 2.23. The number of hydrogen-bond donors (Lipinski definition) is 1. The molecule has 3 rings (SSSR count). The van der Waals surface area contributed by atoms with E-state index in [0.717, 1.165) is 23.8 Å². The third-order valence-corrected chi connectivity index (χ3v) is 4.82. The van der Waals surface area contributed by atoms with Gasteiger partial charge in [-0.3, -0.25) is 0 Å². The zero-order valence-corrected chi connectivity index (χ0v) is 10.3. The van der Waals surface area contributed by atoms with E-state index in [9.17, 15) is 5.11 Å². The van der Waals surface area contributed by atoms with Crippen LogP contribution in [-0.4, -0.2) is 32.9 Å². The van der Waals surface area contributed by atoms with Crippen LogP contribution in [0.15, 0.2) is 4.52 Å². The van der Waals surface area contributed by atoms with Gasteiger partial charge in [-0.15, -0.1) is 0 Å². The maximum Gasteiger partial charge on any atom is 0.233 e. The van der Waals surface area contributed by atoms with Crippen molar-refractivity contribution in [3.05, 3.63) is 11.7 Å². The smallest absolute Gasteiger partial charge is 0.233 e. The third kappa shape index (κ3) is 1.66. The van der Waals surface area contributed by atoms with E-state index in [1.807, 2.05) is 0 Å². The van der Waals surface area contributed by atoms with Crippen LogP contribution in [0.5, 0.6) is 0 Å². The molecule has 0 bridgehead atoms. The van der Waals surface area contributed by atoms with Crippen LogP contribution in [0.3, 0.4) is 0 Å². The molecule has 0 amide bonds. The first kappa shape index (κ1) is 10.6. The van der Waals surface area contributed by atoms with Crippen LogP contribution in [0.25, 0.3) is 0 Å². The Morgan fingerprint density at radius 2 is 2.19 bits per heavy atom. The molecule has 5 heteroatoms. The minimum absolute atomic E-state index is 0.0353.